The van der Waals surface area contributed by atoms with Gasteiger partial charge in [-0.3, -0.25) is 0 Å². The zero-order valence-corrected chi connectivity index (χ0v) is 9.72. The number of likely N-dealkylation sites (tertiary alicyclic amines) is 1. The second-order valence-corrected chi connectivity index (χ2v) is 4.03. The van der Waals surface area contributed by atoms with Crippen LogP contribution in [0.25, 0.3) is 10.4 Å². The summed E-state index contributed by atoms with van der Waals surface area (Å²) in [6, 6.07) is 0.203. The summed E-state index contributed by atoms with van der Waals surface area (Å²) in [6.45, 7) is 5.15. The predicted octanol–water partition coefficient (Wildman–Crippen LogP) is 1.13. The van der Waals surface area contributed by atoms with Crippen molar-refractivity contribution in [3.63, 3.8) is 0 Å². The topological polar surface area (TPSA) is 87.2 Å². The Hall–Kier alpha value is -0.810. The van der Waals surface area contributed by atoms with Gasteiger partial charge in [0.05, 0.1) is 6.61 Å². The van der Waals surface area contributed by atoms with Crippen molar-refractivity contribution in [2.45, 2.75) is 25.3 Å². The van der Waals surface area contributed by atoms with Gasteiger partial charge in [-0.05, 0) is 37.9 Å². The highest BCUT2D eigenvalue weighted by Gasteiger charge is 2.17. The molecule has 0 aliphatic carbocycles. The number of nitrogens with two attached hydrogens (primary N) is 1. The molecule has 0 aromatic heterocycles. The standard InChI is InChI=1S/C10H21N5O/c11-4-9-16-8-1-5-15-6-2-10(3-7-15)13-14-12/h10H,1-9,11H2. The third-order valence-electron chi connectivity index (χ3n) is 2.80. The molecule has 0 bridgehead atoms. The Morgan fingerprint density at radius 1 is 1.38 bits per heavy atom. The van der Waals surface area contributed by atoms with E-state index in [1.54, 1.807) is 0 Å². The van der Waals surface area contributed by atoms with Crippen molar-refractivity contribution in [1.82, 2.24) is 4.90 Å². The summed E-state index contributed by atoms with van der Waals surface area (Å²) < 4.78 is 5.32. The van der Waals surface area contributed by atoms with Crippen LogP contribution in [0, 0.1) is 0 Å². The van der Waals surface area contributed by atoms with E-state index in [-0.39, 0.29) is 6.04 Å². The number of hydrogen-bond donors (Lipinski definition) is 1. The van der Waals surface area contributed by atoms with Crippen molar-refractivity contribution in [3.8, 4) is 0 Å². The molecular formula is C10H21N5O. The number of nitrogens with zero attached hydrogens (tertiary/aromatic N) is 4. The van der Waals surface area contributed by atoms with Crippen molar-refractivity contribution in [1.29, 1.82) is 0 Å². The van der Waals surface area contributed by atoms with Crippen LogP contribution in [0.1, 0.15) is 19.3 Å². The predicted molar refractivity (Wildman–Crippen MR) is 63.1 cm³/mol. The monoisotopic (exact) mass is 227 g/mol. The van der Waals surface area contributed by atoms with Gasteiger partial charge in [-0.25, -0.2) is 0 Å². The number of rotatable bonds is 7. The van der Waals surface area contributed by atoms with Crippen molar-refractivity contribution in [2.24, 2.45) is 10.8 Å². The van der Waals surface area contributed by atoms with E-state index in [1.165, 1.54) is 0 Å². The Kier molecular flexibility index (Phi) is 6.92. The van der Waals surface area contributed by atoms with Crippen LogP contribution in [0.4, 0.5) is 0 Å². The first-order chi connectivity index (χ1) is 7.86. The minimum absolute atomic E-state index is 0.203. The van der Waals surface area contributed by atoms with Crippen molar-refractivity contribution < 1.29 is 4.74 Å². The molecule has 0 unspecified atom stereocenters. The highest BCUT2D eigenvalue weighted by molar-refractivity contribution is 4.77. The molecule has 1 saturated heterocycles. The SMILES string of the molecule is [N-]=[N+]=NC1CCN(CCCOCCN)CC1. The molecule has 6 nitrogen and oxygen atoms in total. The lowest BCUT2D eigenvalue weighted by molar-refractivity contribution is 0.121. The van der Waals surface area contributed by atoms with Crippen molar-refractivity contribution >= 4 is 0 Å². The molecule has 0 atom stereocenters. The van der Waals surface area contributed by atoms with Crippen LogP contribution >= 0.6 is 0 Å². The first-order valence-corrected chi connectivity index (χ1v) is 5.91. The molecule has 2 N–H and O–H groups in total. The first kappa shape index (κ1) is 13.3. The fourth-order valence-electron chi connectivity index (χ4n) is 1.91. The van der Waals surface area contributed by atoms with Crippen molar-refractivity contribution in [2.75, 3.05) is 39.4 Å². The molecule has 0 aromatic carbocycles. The van der Waals surface area contributed by atoms with Gasteiger partial charge < -0.3 is 15.4 Å². The molecule has 6 heteroatoms. The Labute approximate surface area is 96.4 Å². The normalized spacial score (nSPS) is 18.3. The van der Waals surface area contributed by atoms with Gasteiger partial charge in [0.15, 0.2) is 0 Å². The van der Waals surface area contributed by atoms with E-state index in [9.17, 15) is 0 Å². The molecule has 1 fully saturated rings. The van der Waals surface area contributed by atoms with E-state index in [1.807, 2.05) is 0 Å². The zero-order valence-electron chi connectivity index (χ0n) is 9.72. The molecular weight excluding hydrogens is 206 g/mol. The van der Waals surface area contributed by atoms with Crippen LogP contribution in [-0.4, -0.2) is 50.3 Å². The third-order valence-corrected chi connectivity index (χ3v) is 2.80. The zero-order chi connectivity index (χ0) is 11.6. The van der Waals surface area contributed by atoms with E-state index >= 15 is 0 Å². The van der Waals surface area contributed by atoms with Gasteiger partial charge >= 0.3 is 0 Å². The fraction of sp³-hybridized carbons (Fsp3) is 1.00. The lowest BCUT2D eigenvalue weighted by Gasteiger charge is -2.29. The summed E-state index contributed by atoms with van der Waals surface area (Å²) in [5.74, 6) is 0. The average molecular weight is 227 g/mol. The molecule has 1 aliphatic heterocycles. The van der Waals surface area contributed by atoms with Crippen LogP contribution in [0.3, 0.4) is 0 Å². The molecule has 0 radical (unpaired) electrons. The summed E-state index contributed by atoms with van der Waals surface area (Å²) in [7, 11) is 0. The Bertz CT molecular complexity index is 221. The van der Waals surface area contributed by atoms with Gasteiger partial charge in [0.25, 0.3) is 0 Å². The van der Waals surface area contributed by atoms with Crippen LogP contribution in [0.15, 0.2) is 5.11 Å². The smallest absolute Gasteiger partial charge is 0.0588 e. The number of hydrogen-bond acceptors (Lipinski definition) is 4. The summed E-state index contributed by atoms with van der Waals surface area (Å²) in [5.41, 5.74) is 13.6. The van der Waals surface area contributed by atoms with Crippen molar-refractivity contribution in [3.05, 3.63) is 10.4 Å². The maximum atomic E-state index is 8.33. The minimum atomic E-state index is 0.203. The maximum absolute atomic E-state index is 8.33. The second-order valence-electron chi connectivity index (χ2n) is 4.03. The molecule has 1 heterocycles. The summed E-state index contributed by atoms with van der Waals surface area (Å²) in [6.07, 6.45) is 3.01. The van der Waals surface area contributed by atoms with Gasteiger partial charge in [0, 0.05) is 30.6 Å². The Balaban J connectivity index is 2.01. The lowest BCUT2D eigenvalue weighted by Crippen LogP contribution is -2.36. The van der Waals surface area contributed by atoms with E-state index in [0.29, 0.717) is 13.2 Å². The molecule has 1 rings (SSSR count). The van der Waals surface area contributed by atoms with Gasteiger partial charge in [-0.2, -0.15) is 0 Å². The lowest BCUT2D eigenvalue weighted by atomic mass is 10.1. The molecule has 0 amide bonds. The minimum Gasteiger partial charge on any atom is -0.380 e. The Morgan fingerprint density at radius 2 is 2.12 bits per heavy atom. The second kappa shape index (κ2) is 8.35. The van der Waals surface area contributed by atoms with Gasteiger partial charge in [0.2, 0.25) is 0 Å². The summed E-state index contributed by atoms with van der Waals surface area (Å²) >= 11 is 0. The largest absolute Gasteiger partial charge is 0.380 e. The summed E-state index contributed by atoms with van der Waals surface area (Å²) in [4.78, 5) is 5.25. The third kappa shape index (κ3) is 5.32. The molecule has 1 aliphatic rings. The van der Waals surface area contributed by atoms with E-state index in [4.69, 9.17) is 16.0 Å². The highest BCUT2D eigenvalue weighted by atomic mass is 16.5. The van der Waals surface area contributed by atoms with Crippen LogP contribution in [-0.2, 0) is 4.74 Å². The molecule has 0 saturated carbocycles. The Morgan fingerprint density at radius 3 is 2.75 bits per heavy atom. The fourth-order valence-corrected chi connectivity index (χ4v) is 1.91. The summed E-state index contributed by atoms with van der Waals surface area (Å²) in [5, 5.41) is 3.75. The molecule has 16 heavy (non-hydrogen) atoms. The number of piperidine rings is 1. The van der Waals surface area contributed by atoms with Gasteiger partial charge in [-0.1, -0.05) is 5.11 Å². The van der Waals surface area contributed by atoms with Gasteiger partial charge in [0.1, 0.15) is 0 Å². The van der Waals surface area contributed by atoms with Gasteiger partial charge in [-0.15, -0.1) is 0 Å². The number of azide groups is 1. The van der Waals surface area contributed by atoms with Crippen LogP contribution in [0.2, 0.25) is 0 Å². The highest BCUT2D eigenvalue weighted by Crippen LogP contribution is 2.13. The van der Waals surface area contributed by atoms with E-state index < -0.39 is 0 Å². The van der Waals surface area contributed by atoms with Crippen LogP contribution < -0.4 is 5.73 Å². The first-order valence-electron chi connectivity index (χ1n) is 5.91. The average Bonchev–Trinajstić information content (AvgIpc) is 2.31. The molecule has 0 spiro atoms. The molecule has 0 aromatic rings. The number of ether oxygens (including phenoxy) is 1. The maximum Gasteiger partial charge on any atom is 0.0588 e. The van der Waals surface area contributed by atoms with E-state index in [2.05, 4.69) is 14.9 Å². The molecule has 92 valence electrons. The quantitative estimate of drug-likeness (QED) is 0.306. The van der Waals surface area contributed by atoms with E-state index in [0.717, 1.165) is 45.5 Å². The van der Waals surface area contributed by atoms with Crippen LogP contribution in [0.5, 0.6) is 0 Å².